The average Bonchev–Trinajstić information content (AvgIpc) is 2.70. The monoisotopic (exact) mass is 498 g/mol. The number of hydrogen-bond acceptors (Lipinski definition) is 4. The van der Waals surface area contributed by atoms with Crippen molar-refractivity contribution in [2.75, 3.05) is 20.8 Å². The maximum Gasteiger partial charge on any atom is 0.248 e. The van der Waals surface area contributed by atoms with E-state index in [0.717, 1.165) is 29.2 Å². The maximum atomic E-state index is 11.1. The van der Waals surface area contributed by atoms with E-state index in [9.17, 15) is 4.79 Å². The fourth-order valence-electron chi connectivity index (χ4n) is 2.46. The molecule has 0 aliphatic heterocycles. The molecule has 2 aromatic carbocycles. The van der Waals surface area contributed by atoms with Gasteiger partial charge in [-0.25, -0.2) is 4.99 Å². The lowest BCUT2D eigenvalue weighted by Gasteiger charge is -2.14. The Morgan fingerprint density at radius 1 is 1.07 bits per heavy atom. The summed E-state index contributed by atoms with van der Waals surface area (Å²) < 4.78 is 10.6. The average molecular weight is 498 g/mol. The molecule has 0 saturated carbocycles. The molecule has 0 atom stereocenters. The van der Waals surface area contributed by atoms with E-state index in [0.29, 0.717) is 24.6 Å². The predicted octanol–water partition coefficient (Wildman–Crippen LogP) is 2.68. The third kappa shape index (κ3) is 6.91. The van der Waals surface area contributed by atoms with E-state index in [-0.39, 0.29) is 24.0 Å². The molecule has 0 radical (unpaired) electrons. The first kappa shape index (κ1) is 23.5. The van der Waals surface area contributed by atoms with Gasteiger partial charge in [-0.15, -0.1) is 24.0 Å². The van der Waals surface area contributed by atoms with Crippen LogP contribution in [0.4, 0.5) is 0 Å². The predicted molar refractivity (Wildman–Crippen MR) is 122 cm³/mol. The van der Waals surface area contributed by atoms with Gasteiger partial charge in [0, 0.05) is 30.3 Å². The third-order valence-corrected chi connectivity index (χ3v) is 3.94. The highest BCUT2D eigenvalue weighted by Crippen LogP contribution is 2.24. The summed E-state index contributed by atoms with van der Waals surface area (Å²) in [5.74, 6) is 1.75. The zero-order valence-electron chi connectivity index (χ0n) is 16.3. The number of halogens is 1. The number of methoxy groups -OCH3 is 2. The summed E-state index contributed by atoms with van der Waals surface area (Å²) in [4.78, 5) is 15.7. The highest BCUT2D eigenvalue weighted by atomic mass is 127. The Labute approximate surface area is 182 Å². The van der Waals surface area contributed by atoms with E-state index in [2.05, 4.69) is 15.6 Å². The Morgan fingerprint density at radius 2 is 1.79 bits per heavy atom. The number of hydrogen-bond donors (Lipinski definition) is 3. The van der Waals surface area contributed by atoms with Gasteiger partial charge in [0.1, 0.15) is 11.5 Å². The second kappa shape index (κ2) is 12.1. The minimum atomic E-state index is -0.437. The van der Waals surface area contributed by atoms with Gasteiger partial charge in [0.15, 0.2) is 5.96 Å². The van der Waals surface area contributed by atoms with Gasteiger partial charge < -0.3 is 25.8 Å². The zero-order valence-corrected chi connectivity index (χ0v) is 18.7. The van der Waals surface area contributed by atoms with Crippen molar-refractivity contribution in [3.63, 3.8) is 0 Å². The Kier molecular flexibility index (Phi) is 10.1. The first-order chi connectivity index (χ1) is 13.1. The van der Waals surface area contributed by atoms with Crippen LogP contribution in [-0.4, -0.2) is 32.6 Å². The molecule has 0 aliphatic carbocycles. The fraction of sp³-hybridized carbons (Fsp3) is 0.300. The second-order valence-electron chi connectivity index (χ2n) is 5.79. The summed E-state index contributed by atoms with van der Waals surface area (Å²) in [5, 5.41) is 6.50. The van der Waals surface area contributed by atoms with Crippen molar-refractivity contribution >= 4 is 35.8 Å². The van der Waals surface area contributed by atoms with Crippen LogP contribution in [-0.2, 0) is 13.1 Å². The topological polar surface area (TPSA) is 98.0 Å². The maximum absolute atomic E-state index is 11.1. The number of carbonyl (C=O) groups excluding carboxylic acids is 1. The smallest absolute Gasteiger partial charge is 0.248 e. The van der Waals surface area contributed by atoms with Crippen molar-refractivity contribution in [1.29, 1.82) is 0 Å². The lowest BCUT2D eigenvalue weighted by Crippen LogP contribution is -2.36. The van der Waals surface area contributed by atoms with Crippen LogP contribution in [0.2, 0.25) is 0 Å². The van der Waals surface area contributed by atoms with E-state index in [1.165, 1.54) is 0 Å². The normalized spacial score (nSPS) is 10.6. The minimum absolute atomic E-state index is 0. The number of nitrogens with zero attached hydrogens (tertiary/aromatic N) is 1. The molecule has 4 N–H and O–H groups in total. The lowest BCUT2D eigenvalue weighted by atomic mass is 10.1. The number of primary amides is 1. The van der Waals surface area contributed by atoms with Crippen molar-refractivity contribution in [3.8, 4) is 11.5 Å². The number of amides is 1. The van der Waals surface area contributed by atoms with Crippen LogP contribution in [0.5, 0.6) is 11.5 Å². The molecule has 152 valence electrons. The van der Waals surface area contributed by atoms with Gasteiger partial charge in [0.05, 0.1) is 20.8 Å². The van der Waals surface area contributed by atoms with Gasteiger partial charge in [-0.3, -0.25) is 4.79 Å². The third-order valence-electron chi connectivity index (χ3n) is 3.94. The molecule has 0 saturated heterocycles. The molecule has 0 unspecified atom stereocenters. The van der Waals surface area contributed by atoms with E-state index in [1.54, 1.807) is 26.4 Å². The number of ether oxygens (including phenoxy) is 2. The minimum Gasteiger partial charge on any atom is -0.497 e. The van der Waals surface area contributed by atoms with E-state index >= 15 is 0 Å². The number of nitrogens with two attached hydrogens (primary N) is 1. The number of guanidine groups is 1. The van der Waals surface area contributed by atoms with Gasteiger partial charge in [-0.05, 0) is 36.8 Å². The van der Waals surface area contributed by atoms with Crippen LogP contribution in [0.3, 0.4) is 0 Å². The zero-order chi connectivity index (χ0) is 19.6. The molecule has 1 amide bonds. The van der Waals surface area contributed by atoms with Gasteiger partial charge in [0.2, 0.25) is 5.91 Å². The molecule has 28 heavy (non-hydrogen) atoms. The molecule has 2 rings (SSSR count). The number of nitrogens with one attached hydrogen (secondary N) is 2. The van der Waals surface area contributed by atoms with Gasteiger partial charge >= 0.3 is 0 Å². The first-order valence-corrected chi connectivity index (χ1v) is 8.69. The molecular weight excluding hydrogens is 471 g/mol. The summed E-state index contributed by atoms with van der Waals surface area (Å²) in [6.45, 7) is 3.78. The van der Waals surface area contributed by atoms with Crippen LogP contribution in [0.1, 0.15) is 28.4 Å². The molecular formula is C20H27IN4O3. The first-order valence-electron chi connectivity index (χ1n) is 8.69. The van der Waals surface area contributed by atoms with Crippen molar-refractivity contribution < 1.29 is 14.3 Å². The highest BCUT2D eigenvalue weighted by Gasteiger charge is 2.06. The molecule has 0 heterocycles. The number of carbonyl (C=O) groups is 1. The summed E-state index contributed by atoms with van der Waals surface area (Å²) in [6, 6.07) is 12.8. The fourth-order valence-corrected chi connectivity index (χ4v) is 2.46. The Morgan fingerprint density at radius 3 is 2.36 bits per heavy atom. The number of rotatable bonds is 8. The van der Waals surface area contributed by atoms with E-state index in [1.807, 2.05) is 37.3 Å². The molecule has 7 nitrogen and oxygen atoms in total. The van der Waals surface area contributed by atoms with Gasteiger partial charge in [-0.1, -0.05) is 12.1 Å². The standard InChI is InChI=1S/C20H26N4O3.HI/c1-4-22-20(23-12-14-5-7-15(8-6-14)19(21)25)24-13-16-9-10-17(26-2)11-18(16)27-3;/h5-11H,4,12-13H2,1-3H3,(H2,21,25)(H2,22,23,24);1H. The second-order valence-corrected chi connectivity index (χ2v) is 5.79. The van der Waals surface area contributed by atoms with Crippen molar-refractivity contribution in [1.82, 2.24) is 10.6 Å². The Balaban J connectivity index is 0.00000392. The number of benzene rings is 2. The van der Waals surface area contributed by atoms with Gasteiger partial charge in [0.25, 0.3) is 0 Å². The molecule has 8 heteroatoms. The molecule has 2 aromatic rings. The van der Waals surface area contributed by atoms with Crippen LogP contribution in [0.15, 0.2) is 47.5 Å². The van der Waals surface area contributed by atoms with Crippen molar-refractivity contribution in [3.05, 3.63) is 59.2 Å². The summed E-state index contributed by atoms with van der Waals surface area (Å²) in [6.07, 6.45) is 0. The van der Waals surface area contributed by atoms with Crippen LogP contribution < -0.4 is 25.8 Å². The molecule has 0 fully saturated rings. The summed E-state index contributed by atoms with van der Waals surface area (Å²) >= 11 is 0. The summed E-state index contributed by atoms with van der Waals surface area (Å²) in [7, 11) is 3.26. The van der Waals surface area contributed by atoms with Crippen LogP contribution >= 0.6 is 24.0 Å². The van der Waals surface area contributed by atoms with Crippen LogP contribution in [0, 0.1) is 0 Å². The number of aliphatic imine (C=N–C) groups is 1. The Hall–Kier alpha value is -2.49. The molecule has 0 bridgehead atoms. The highest BCUT2D eigenvalue weighted by molar-refractivity contribution is 14.0. The summed E-state index contributed by atoms with van der Waals surface area (Å²) in [5.41, 5.74) is 7.72. The molecule has 0 aliphatic rings. The molecule has 0 aromatic heterocycles. The lowest BCUT2D eigenvalue weighted by molar-refractivity contribution is 0.100. The van der Waals surface area contributed by atoms with E-state index < -0.39 is 5.91 Å². The quantitative estimate of drug-likeness (QED) is 0.296. The Bertz CT molecular complexity index is 795. The largest absolute Gasteiger partial charge is 0.497 e. The molecule has 0 spiro atoms. The van der Waals surface area contributed by atoms with Crippen molar-refractivity contribution in [2.24, 2.45) is 10.7 Å². The van der Waals surface area contributed by atoms with Crippen molar-refractivity contribution in [2.45, 2.75) is 20.0 Å². The van der Waals surface area contributed by atoms with Gasteiger partial charge in [-0.2, -0.15) is 0 Å². The van der Waals surface area contributed by atoms with Crippen LogP contribution in [0.25, 0.3) is 0 Å². The van der Waals surface area contributed by atoms with E-state index in [4.69, 9.17) is 15.2 Å². The SMILES string of the molecule is CCNC(=NCc1ccc(C(N)=O)cc1)NCc1ccc(OC)cc1OC.I.